The number of piperidine rings is 1. The smallest absolute Gasteiger partial charge is 0.216 e. The number of nitrogens with one attached hydrogen (secondary N) is 3. The maximum atomic E-state index is 9.15. The van der Waals surface area contributed by atoms with Gasteiger partial charge in [0.1, 0.15) is 11.6 Å². The Morgan fingerprint density at radius 1 is 1.36 bits per heavy atom. The molecule has 0 saturated carbocycles. The van der Waals surface area contributed by atoms with Gasteiger partial charge in [-0.15, -0.1) is 10.2 Å². The second-order valence-electron chi connectivity index (χ2n) is 5.20. The average Bonchev–Trinajstić information content (AvgIpc) is 3.11. The van der Waals surface area contributed by atoms with Gasteiger partial charge >= 0.3 is 0 Å². The van der Waals surface area contributed by atoms with Crippen LogP contribution in [-0.4, -0.2) is 33.7 Å². The molecule has 0 spiro atoms. The number of aromatic nitrogens is 4. The summed E-state index contributed by atoms with van der Waals surface area (Å²) in [5.41, 5.74) is 2.62. The Kier molecular flexibility index (Phi) is 4.41. The highest BCUT2D eigenvalue weighted by molar-refractivity contribution is 5.74. The number of allylic oxidation sites excluding steroid dienone is 1. The molecule has 1 aliphatic rings. The average molecular weight is 295 g/mol. The zero-order valence-electron chi connectivity index (χ0n) is 12.1. The highest BCUT2D eigenvalue weighted by Gasteiger charge is 2.15. The predicted octanol–water partition coefficient (Wildman–Crippen LogP) is 1.64. The van der Waals surface area contributed by atoms with Crippen molar-refractivity contribution in [1.29, 1.82) is 5.26 Å². The summed E-state index contributed by atoms with van der Waals surface area (Å²) in [5.74, 6) is 0.879. The summed E-state index contributed by atoms with van der Waals surface area (Å²) in [4.78, 5) is 0. The lowest BCUT2D eigenvalue weighted by Crippen LogP contribution is -2.26. The van der Waals surface area contributed by atoms with E-state index in [4.69, 9.17) is 5.26 Å². The molecule has 2 heterocycles. The van der Waals surface area contributed by atoms with E-state index in [1.54, 1.807) is 6.20 Å². The monoisotopic (exact) mass is 295 g/mol. The molecule has 3 N–H and O–H groups in total. The van der Waals surface area contributed by atoms with Crippen LogP contribution in [0.5, 0.6) is 0 Å². The first-order valence-corrected chi connectivity index (χ1v) is 7.28. The molecule has 2 aromatic rings. The predicted molar refractivity (Wildman–Crippen MR) is 82.7 cm³/mol. The number of nitriles is 1. The first-order chi connectivity index (χ1) is 10.9. The molecule has 3 rings (SSSR count). The topological polar surface area (TPSA) is 102 Å². The molecule has 0 aliphatic carbocycles. The van der Waals surface area contributed by atoms with Crippen molar-refractivity contribution < 1.29 is 0 Å². The Morgan fingerprint density at radius 2 is 2.23 bits per heavy atom. The van der Waals surface area contributed by atoms with Crippen molar-refractivity contribution in [2.45, 2.75) is 18.8 Å². The highest BCUT2D eigenvalue weighted by Crippen LogP contribution is 2.27. The van der Waals surface area contributed by atoms with Crippen molar-refractivity contribution in [3.63, 3.8) is 0 Å². The largest absolute Gasteiger partial charge is 0.360 e. The van der Waals surface area contributed by atoms with Crippen molar-refractivity contribution in [3.8, 4) is 6.07 Å². The number of hydrogen-bond donors (Lipinski definition) is 3. The normalized spacial score (nSPS) is 16.2. The fourth-order valence-electron chi connectivity index (χ4n) is 2.62. The van der Waals surface area contributed by atoms with Crippen LogP contribution in [0.1, 0.15) is 30.1 Å². The highest BCUT2D eigenvalue weighted by atomic mass is 15.5. The van der Waals surface area contributed by atoms with Gasteiger partial charge in [-0.1, -0.05) is 12.1 Å². The lowest BCUT2D eigenvalue weighted by Gasteiger charge is -2.23. The van der Waals surface area contributed by atoms with E-state index in [9.17, 15) is 0 Å². The maximum Gasteiger partial charge on any atom is 0.216 e. The lowest BCUT2D eigenvalue weighted by molar-refractivity contribution is 0.460. The third-order valence-corrected chi connectivity index (χ3v) is 3.79. The van der Waals surface area contributed by atoms with Crippen molar-refractivity contribution in [3.05, 3.63) is 41.9 Å². The molecule has 7 heteroatoms. The van der Waals surface area contributed by atoms with Gasteiger partial charge in [-0.2, -0.15) is 10.5 Å². The van der Waals surface area contributed by atoms with E-state index in [0.717, 1.165) is 31.6 Å². The fourth-order valence-corrected chi connectivity index (χ4v) is 2.62. The van der Waals surface area contributed by atoms with Crippen LogP contribution in [0.25, 0.3) is 5.57 Å². The summed E-state index contributed by atoms with van der Waals surface area (Å²) < 4.78 is 0. The number of tetrazole rings is 1. The van der Waals surface area contributed by atoms with Gasteiger partial charge in [0.2, 0.25) is 5.82 Å². The fraction of sp³-hybridized carbons (Fsp3) is 0.333. The second kappa shape index (κ2) is 6.83. The molecule has 22 heavy (non-hydrogen) atoms. The third-order valence-electron chi connectivity index (χ3n) is 3.79. The van der Waals surface area contributed by atoms with E-state index >= 15 is 0 Å². The molecule has 1 saturated heterocycles. The zero-order valence-corrected chi connectivity index (χ0v) is 12.1. The summed E-state index contributed by atoms with van der Waals surface area (Å²) in [7, 11) is 0. The molecule has 0 atom stereocenters. The van der Waals surface area contributed by atoms with Crippen molar-refractivity contribution in [1.82, 2.24) is 25.9 Å². The van der Waals surface area contributed by atoms with Gasteiger partial charge in [0.05, 0.1) is 0 Å². The van der Waals surface area contributed by atoms with Gasteiger partial charge in [0.25, 0.3) is 0 Å². The number of benzene rings is 1. The maximum absolute atomic E-state index is 9.15. The van der Waals surface area contributed by atoms with Crippen molar-refractivity contribution in [2.75, 3.05) is 18.4 Å². The number of aromatic amines is 1. The van der Waals surface area contributed by atoms with E-state index in [-0.39, 0.29) is 5.82 Å². The van der Waals surface area contributed by atoms with E-state index in [1.807, 2.05) is 12.1 Å². The molecule has 7 nitrogen and oxygen atoms in total. The molecule has 0 radical (unpaired) electrons. The van der Waals surface area contributed by atoms with E-state index in [1.165, 1.54) is 5.56 Å². The van der Waals surface area contributed by atoms with E-state index in [0.29, 0.717) is 11.5 Å². The van der Waals surface area contributed by atoms with Crippen LogP contribution in [0, 0.1) is 11.3 Å². The van der Waals surface area contributed by atoms with E-state index in [2.05, 4.69) is 49.5 Å². The Hall–Kier alpha value is -2.72. The Labute approximate surface area is 128 Å². The summed E-state index contributed by atoms with van der Waals surface area (Å²) in [6, 6.07) is 10.4. The van der Waals surface area contributed by atoms with Gasteiger partial charge in [0.15, 0.2) is 0 Å². The zero-order chi connectivity index (χ0) is 15.2. The summed E-state index contributed by atoms with van der Waals surface area (Å²) in [6.07, 6.45) is 3.92. The SMILES string of the molecule is N#CC(=CNc1cccc(C2CCNCC2)c1)c1nn[nH]n1. The van der Waals surface area contributed by atoms with Crippen LogP contribution in [-0.2, 0) is 0 Å². The minimum Gasteiger partial charge on any atom is -0.360 e. The molecule has 0 bridgehead atoms. The molecule has 0 unspecified atom stereocenters. The van der Waals surface area contributed by atoms with Crippen LogP contribution in [0.3, 0.4) is 0 Å². The number of anilines is 1. The molecular formula is C15H17N7. The first-order valence-electron chi connectivity index (χ1n) is 7.28. The standard InChI is InChI=1S/C15H17N7/c16-9-13(15-19-21-22-20-15)10-18-14-3-1-2-12(8-14)11-4-6-17-7-5-11/h1-3,8,10-11,17-18H,4-7H2,(H,19,20,21,22). The van der Waals surface area contributed by atoms with Crippen LogP contribution < -0.4 is 10.6 Å². The van der Waals surface area contributed by atoms with Gasteiger partial charge in [-0.05, 0) is 54.8 Å². The van der Waals surface area contributed by atoms with Crippen LogP contribution in [0.4, 0.5) is 5.69 Å². The van der Waals surface area contributed by atoms with Gasteiger partial charge in [-0.25, -0.2) is 0 Å². The quantitative estimate of drug-likeness (QED) is 0.741. The van der Waals surface area contributed by atoms with Crippen molar-refractivity contribution >= 4 is 11.3 Å². The van der Waals surface area contributed by atoms with Gasteiger partial charge < -0.3 is 10.6 Å². The molecule has 1 aliphatic heterocycles. The summed E-state index contributed by atoms with van der Waals surface area (Å²) >= 11 is 0. The van der Waals surface area contributed by atoms with Crippen LogP contribution in [0.15, 0.2) is 30.5 Å². The van der Waals surface area contributed by atoms with Gasteiger partial charge in [-0.3, -0.25) is 0 Å². The minimum absolute atomic E-state index is 0.282. The third kappa shape index (κ3) is 3.30. The van der Waals surface area contributed by atoms with E-state index < -0.39 is 0 Å². The first kappa shape index (κ1) is 14.2. The second-order valence-corrected chi connectivity index (χ2v) is 5.20. The lowest BCUT2D eigenvalue weighted by atomic mass is 9.90. The summed E-state index contributed by atoms with van der Waals surface area (Å²) in [5, 5.41) is 29.1. The number of hydrogen-bond acceptors (Lipinski definition) is 6. The number of H-pyrrole nitrogens is 1. The molecular weight excluding hydrogens is 278 g/mol. The summed E-state index contributed by atoms with van der Waals surface area (Å²) in [6.45, 7) is 2.14. The molecule has 1 aromatic heterocycles. The van der Waals surface area contributed by atoms with Crippen molar-refractivity contribution in [2.24, 2.45) is 0 Å². The minimum atomic E-state index is 0.282. The Morgan fingerprint density at radius 3 is 2.95 bits per heavy atom. The van der Waals surface area contributed by atoms with Crippen LogP contribution in [0.2, 0.25) is 0 Å². The van der Waals surface area contributed by atoms with Gasteiger partial charge in [0, 0.05) is 11.9 Å². The van der Waals surface area contributed by atoms with Crippen LogP contribution >= 0.6 is 0 Å². The number of rotatable bonds is 4. The molecule has 0 amide bonds. The molecule has 112 valence electrons. The Bertz CT molecular complexity index is 678. The number of nitrogens with zero attached hydrogens (tertiary/aromatic N) is 4. The molecule has 1 aromatic carbocycles. The molecule has 1 fully saturated rings. The Balaban J connectivity index is 1.74.